The minimum Gasteiger partial charge on any atom is -0.444 e. The van der Waals surface area contributed by atoms with Gasteiger partial charge in [-0.25, -0.2) is 13.6 Å². The molecule has 1 rings (SSSR count). The van der Waals surface area contributed by atoms with Crippen molar-refractivity contribution < 1.29 is 18.3 Å². The van der Waals surface area contributed by atoms with Gasteiger partial charge in [0.05, 0.1) is 0 Å². The van der Waals surface area contributed by atoms with Crippen LogP contribution in [0.5, 0.6) is 0 Å². The lowest BCUT2D eigenvalue weighted by molar-refractivity contribution is 0.0159. The van der Waals surface area contributed by atoms with E-state index < -0.39 is 18.1 Å². The minimum atomic E-state index is -2.36. The average molecular weight is 250 g/mol. The van der Waals surface area contributed by atoms with Crippen molar-refractivity contribution in [2.45, 2.75) is 45.3 Å². The predicted molar refractivity (Wildman–Crippen MR) is 60.2 cm³/mol. The van der Waals surface area contributed by atoms with Gasteiger partial charge in [-0.15, -0.1) is 0 Å². The molecule has 1 atom stereocenters. The molecule has 1 aliphatic rings. The van der Waals surface area contributed by atoms with Crippen molar-refractivity contribution in [3.05, 3.63) is 0 Å². The molecule has 0 aliphatic carbocycles. The Kier molecular flexibility index (Phi) is 4.68. The summed E-state index contributed by atoms with van der Waals surface area (Å²) in [5.41, 5.74) is -0.555. The fraction of sp³-hybridized carbons (Fsp3) is 0.909. The van der Waals surface area contributed by atoms with Gasteiger partial charge in [-0.2, -0.15) is 0 Å². The van der Waals surface area contributed by atoms with Gasteiger partial charge in [-0.3, -0.25) is 0 Å². The van der Waals surface area contributed by atoms with Crippen LogP contribution in [0.15, 0.2) is 0 Å². The van der Waals surface area contributed by atoms with Gasteiger partial charge in [-0.05, 0) is 20.8 Å². The van der Waals surface area contributed by atoms with Crippen molar-refractivity contribution in [3.8, 4) is 0 Å². The summed E-state index contributed by atoms with van der Waals surface area (Å²) in [6, 6.07) is -0.351. The second kappa shape index (κ2) is 5.62. The van der Waals surface area contributed by atoms with Crippen LogP contribution >= 0.6 is 0 Å². The lowest BCUT2D eigenvalue weighted by Crippen LogP contribution is -2.54. The molecule has 0 saturated carbocycles. The molecule has 1 aliphatic heterocycles. The summed E-state index contributed by atoms with van der Waals surface area (Å²) in [7, 11) is 0. The molecular formula is C11H20F2N2O2. The zero-order chi connectivity index (χ0) is 13.1. The maximum Gasteiger partial charge on any atom is 0.410 e. The van der Waals surface area contributed by atoms with Crippen LogP contribution in [0, 0.1) is 0 Å². The van der Waals surface area contributed by atoms with Crippen LogP contribution in [-0.4, -0.2) is 48.7 Å². The second-order valence-electron chi connectivity index (χ2n) is 5.20. The fourth-order valence-electron chi connectivity index (χ4n) is 1.69. The van der Waals surface area contributed by atoms with Crippen LogP contribution < -0.4 is 5.32 Å². The van der Waals surface area contributed by atoms with Crippen LogP contribution in [0.1, 0.15) is 27.2 Å². The van der Waals surface area contributed by atoms with E-state index in [-0.39, 0.29) is 19.0 Å². The minimum absolute atomic E-state index is 0.237. The van der Waals surface area contributed by atoms with Crippen molar-refractivity contribution >= 4 is 6.09 Å². The Morgan fingerprint density at radius 3 is 2.71 bits per heavy atom. The van der Waals surface area contributed by atoms with Crippen molar-refractivity contribution in [3.63, 3.8) is 0 Å². The van der Waals surface area contributed by atoms with E-state index >= 15 is 0 Å². The van der Waals surface area contributed by atoms with Crippen LogP contribution in [0.3, 0.4) is 0 Å². The van der Waals surface area contributed by atoms with E-state index in [9.17, 15) is 13.6 Å². The number of nitrogens with zero attached hydrogens (tertiary/aromatic N) is 1. The number of piperazine rings is 1. The third kappa shape index (κ3) is 5.30. The van der Waals surface area contributed by atoms with E-state index in [4.69, 9.17) is 4.74 Å². The lowest BCUT2D eigenvalue weighted by Gasteiger charge is -2.34. The SMILES string of the molecule is CC(C)(C)OC(=O)N1CCNC(CC(F)F)C1. The first-order valence-corrected chi connectivity index (χ1v) is 5.77. The first-order valence-electron chi connectivity index (χ1n) is 5.77. The Morgan fingerprint density at radius 1 is 1.53 bits per heavy atom. The molecule has 0 aromatic rings. The summed E-state index contributed by atoms with van der Waals surface area (Å²) in [4.78, 5) is 13.2. The first kappa shape index (κ1) is 14.2. The lowest BCUT2D eigenvalue weighted by atomic mass is 10.1. The zero-order valence-corrected chi connectivity index (χ0v) is 10.5. The van der Waals surface area contributed by atoms with Gasteiger partial charge >= 0.3 is 6.09 Å². The molecule has 6 heteroatoms. The third-order valence-corrected chi connectivity index (χ3v) is 2.37. The highest BCUT2D eigenvalue weighted by Gasteiger charge is 2.28. The van der Waals surface area contributed by atoms with Gasteiger partial charge < -0.3 is 15.0 Å². The largest absolute Gasteiger partial charge is 0.444 e. The Balaban J connectivity index is 2.46. The molecule has 0 bridgehead atoms. The maximum absolute atomic E-state index is 12.2. The zero-order valence-electron chi connectivity index (χ0n) is 10.5. The van der Waals surface area contributed by atoms with E-state index in [2.05, 4.69) is 5.32 Å². The summed E-state index contributed by atoms with van der Waals surface area (Å²) in [6.45, 7) is 6.64. The van der Waals surface area contributed by atoms with Gasteiger partial charge in [0.2, 0.25) is 6.43 Å². The van der Waals surface area contributed by atoms with Crippen LogP contribution in [0.4, 0.5) is 13.6 Å². The van der Waals surface area contributed by atoms with E-state index in [0.717, 1.165) is 0 Å². The van der Waals surface area contributed by atoms with Gasteiger partial charge in [0, 0.05) is 32.1 Å². The number of carbonyl (C=O) groups is 1. The molecule has 0 radical (unpaired) electrons. The molecule has 17 heavy (non-hydrogen) atoms. The van der Waals surface area contributed by atoms with Crippen molar-refractivity contribution in [2.75, 3.05) is 19.6 Å². The monoisotopic (exact) mass is 250 g/mol. The van der Waals surface area contributed by atoms with E-state index in [1.54, 1.807) is 20.8 Å². The Labute approximate surface area is 100 Å². The number of carbonyl (C=O) groups excluding carboxylic acids is 1. The van der Waals surface area contributed by atoms with Crippen LogP contribution in [0.25, 0.3) is 0 Å². The van der Waals surface area contributed by atoms with E-state index in [1.165, 1.54) is 4.90 Å². The van der Waals surface area contributed by atoms with Gasteiger partial charge in [0.25, 0.3) is 0 Å². The summed E-state index contributed by atoms with van der Waals surface area (Å²) >= 11 is 0. The number of rotatable bonds is 2. The first-order chi connectivity index (χ1) is 7.78. The second-order valence-corrected chi connectivity index (χ2v) is 5.20. The fourth-order valence-corrected chi connectivity index (χ4v) is 1.69. The Hall–Kier alpha value is -0.910. The Morgan fingerprint density at radius 2 is 2.18 bits per heavy atom. The highest BCUT2D eigenvalue weighted by molar-refractivity contribution is 5.68. The normalized spacial score (nSPS) is 21.8. The standard InChI is InChI=1S/C11H20F2N2O2/c1-11(2,3)17-10(16)15-5-4-14-8(7-15)6-9(12)13/h8-9,14H,4-7H2,1-3H3. The molecule has 1 fully saturated rings. The third-order valence-electron chi connectivity index (χ3n) is 2.37. The van der Waals surface area contributed by atoms with Crippen molar-refractivity contribution in [1.29, 1.82) is 0 Å². The summed E-state index contributed by atoms with van der Waals surface area (Å²) in [6.07, 6.45) is -3.02. The van der Waals surface area contributed by atoms with Gasteiger partial charge in [-0.1, -0.05) is 0 Å². The summed E-state index contributed by atoms with van der Waals surface area (Å²) in [5, 5.41) is 2.97. The van der Waals surface area contributed by atoms with Crippen molar-refractivity contribution in [1.82, 2.24) is 10.2 Å². The van der Waals surface area contributed by atoms with Crippen molar-refractivity contribution in [2.24, 2.45) is 0 Å². The summed E-state index contributed by atoms with van der Waals surface area (Å²) in [5.74, 6) is 0. The highest BCUT2D eigenvalue weighted by atomic mass is 19.3. The van der Waals surface area contributed by atoms with Crippen LogP contribution in [-0.2, 0) is 4.74 Å². The number of hydrogen-bond acceptors (Lipinski definition) is 3. The Bertz CT molecular complexity index is 267. The molecule has 1 heterocycles. The summed E-state index contributed by atoms with van der Waals surface area (Å²) < 4.78 is 29.7. The molecule has 4 nitrogen and oxygen atoms in total. The van der Waals surface area contributed by atoms with E-state index in [0.29, 0.717) is 13.1 Å². The van der Waals surface area contributed by atoms with Gasteiger partial charge in [0.15, 0.2) is 0 Å². The number of amides is 1. The molecule has 1 saturated heterocycles. The van der Waals surface area contributed by atoms with Crippen LogP contribution in [0.2, 0.25) is 0 Å². The quantitative estimate of drug-likeness (QED) is 0.813. The maximum atomic E-state index is 12.2. The van der Waals surface area contributed by atoms with E-state index in [1.807, 2.05) is 0 Å². The smallest absolute Gasteiger partial charge is 0.410 e. The molecular weight excluding hydrogens is 230 g/mol. The molecule has 0 spiro atoms. The molecule has 1 N–H and O–H groups in total. The number of alkyl halides is 2. The topological polar surface area (TPSA) is 41.6 Å². The average Bonchev–Trinajstić information content (AvgIpc) is 2.14. The molecule has 100 valence electrons. The highest BCUT2D eigenvalue weighted by Crippen LogP contribution is 2.13. The number of nitrogens with one attached hydrogen (secondary N) is 1. The molecule has 0 aromatic heterocycles. The van der Waals surface area contributed by atoms with Gasteiger partial charge in [0.1, 0.15) is 5.60 Å². The molecule has 1 unspecified atom stereocenters. The molecule has 0 aromatic carbocycles. The molecule has 1 amide bonds. The number of halogens is 2. The number of hydrogen-bond donors (Lipinski definition) is 1. The number of ether oxygens (including phenoxy) is 1. The predicted octanol–water partition coefficient (Wildman–Crippen LogP) is 1.85.